The Morgan fingerprint density at radius 3 is 2.55 bits per heavy atom. The number of carbonyl (C=O) groups excluding carboxylic acids is 1. The van der Waals surface area contributed by atoms with Crippen LogP contribution in [0.25, 0.3) is 0 Å². The summed E-state index contributed by atoms with van der Waals surface area (Å²) in [6.45, 7) is 3.43. The van der Waals surface area contributed by atoms with Gasteiger partial charge < -0.3 is 11.1 Å². The van der Waals surface area contributed by atoms with Crippen LogP contribution in [0, 0.1) is 19.7 Å². The number of halogens is 2. The summed E-state index contributed by atoms with van der Waals surface area (Å²) in [7, 11) is 0. The van der Waals surface area contributed by atoms with Crippen molar-refractivity contribution in [3.8, 4) is 0 Å². The van der Waals surface area contributed by atoms with Crippen LogP contribution in [0.3, 0.4) is 0 Å². The van der Waals surface area contributed by atoms with Gasteiger partial charge in [0.1, 0.15) is 5.82 Å². The summed E-state index contributed by atoms with van der Waals surface area (Å²) in [4.78, 5) is 12.0. The monoisotopic (exact) mass is 292 g/mol. The molecule has 0 saturated carbocycles. The normalized spacial score (nSPS) is 10.4. The van der Waals surface area contributed by atoms with E-state index in [1.54, 1.807) is 25.1 Å². The van der Waals surface area contributed by atoms with Gasteiger partial charge in [-0.3, -0.25) is 4.79 Å². The number of aryl methyl sites for hydroxylation is 1. The van der Waals surface area contributed by atoms with Crippen molar-refractivity contribution in [1.29, 1.82) is 0 Å². The fourth-order valence-electron chi connectivity index (χ4n) is 1.71. The molecule has 20 heavy (non-hydrogen) atoms. The molecule has 104 valence electrons. The third-order valence-electron chi connectivity index (χ3n) is 3.08. The molecule has 0 bridgehead atoms. The molecule has 1 amide bonds. The number of benzene rings is 2. The van der Waals surface area contributed by atoms with Gasteiger partial charge >= 0.3 is 0 Å². The van der Waals surface area contributed by atoms with Crippen LogP contribution in [-0.2, 0) is 0 Å². The molecular formula is C15H14ClFN2O. The molecule has 0 aliphatic heterocycles. The van der Waals surface area contributed by atoms with Crippen molar-refractivity contribution in [1.82, 2.24) is 0 Å². The molecule has 2 aromatic carbocycles. The van der Waals surface area contributed by atoms with Crippen LogP contribution in [0.5, 0.6) is 0 Å². The SMILES string of the molecule is Cc1ccc(NC(=O)c2cc(N)c(C)c(F)c2)cc1Cl. The first-order valence-corrected chi connectivity index (χ1v) is 6.39. The molecule has 3 N–H and O–H groups in total. The molecule has 0 aliphatic carbocycles. The molecular weight excluding hydrogens is 279 g/mol. The number of hydrogen-bond donors (Lipinski definition) is 2. The predicted octanol–water partition coefficient (Wildman–Crippen LogP) is 3.93. The fourth-order valence-corrected chi connectivity index (χ4v) is 1.89. The first-order valence-electron chi connectivity index (χ1n) is 6.01. The van der Waals surface area contributed by atoms with E-state index >= 15 is 0 Å². The summed E-state index contributed by atoms with van der Waals surface area (Å²) < 4.78 is 13.6. The van der Waals surface area contributed by atoms with Crippen LogP contribution in [-0.4, -0.2) is 5.91 Å². The van der Waals surface area contributed by atoms with Gasteiger partial charge in [-0.25, -0.2) is 4.39 Å². The Morgan fingerprint density at radius 1 is 1.25 bits per heavy atom. The molecule has 0 unspecified atom stereocenters. The molecule has 0 atom stereocenters. The maximum absolute atomic E-state index is 13.6. The Labute approximate surface area is 121 Å². The van der Waals surface area contributed by atoms with Crippen LogP contribution in [0.15, 0.2) is 30.3 Å². The topological polar surface area (TPSA) is 55.1 Å². The average Bonchev–Trinajstić information content (AvgIpc) is 2.39. The number of rotatable bonds is 2. The maximum atomic E-state index is 13.6. The minimum absolute atomic E-state index is 0.169. The van der Waals surface area contributed by atoms with Gasteiger partial charge in [0.15, 0.2) is 0 Å². The lowest BCUT2D eigenvalue weighted by atomic mass is 10.1. The molecule has 5 heteroatoms. The van der Waals surface area contributed by atoms with Crippen molar-refractivity contribution in [2.75, 3.05) is 11.1 Å². The van der Waals surface area contributed by atoms with Gasteiger partial charge in [-0.15, -0.1) is 0 Å². The van der Waals surface area contributed by atoms with Crippen molar-refractivity contribution in [3.05, 3.63) is 57.9 Å². The number of amides is 1. The highest BCUT2D eigenvalue weighted by molar-refractivity contribution is 6.31. The van der Waals surface area contributed by atoms with Gasteiger partial charge in [0, 0.05) is 27.5 Å². The van der Waals surface area contributed by atoms with E-state index in [1.807, 2.05) is 6.92 Å². The van der Waals surface area contributed by atoms with Gasteiger partial charge in [0.25, 0.3) is 5.91 Å². The highest BCUT2D eigenvalue weighted by atomic mass is 35.5. The lowest BCUT2D eigenvalue weighted by molar-refractivity contribution is 0.102. The number of nitrogens with two attached hydrogens (primary N) is 1. The van der Waals surface area contributed by atoms with E-state index in [1.165, 1.54) is 6.07 Å². The highest BCUT2D eigenvalue weighted by Crippen LogP contribution is 2.22. The lowest BCUT2D eigenvalue weighted by Gasteiger charge is -2.09. The zero-order valence-electron chi connectivity index (χ0n) is 11.1. The van der Waals surface area contributed by atoms with Crippen LogP contribution < -0.4 is 11.1 Å². The largest absolute Gasteiger partial charge is 0.398 e. The molecule has 0 aromatic heterocycles. The Hall–Kier alpha value is -2.07. The second-order valence-corrected chi connectivity index (χ2v) is 5.00. The van der Waals surface area contributed by atoms with Gasteiger partial charge in [0.05, 0.1) is 0 Å². The van der Waals surface area contributed by atoms with Crippen LogP contribution in [0.4, 0.5) is 15.8 Å². The minimum Gasteiger partial charge on any atom is -0.398 e. The van der Waals surface area contributed by atoms with Crippen LogP contribution in [0.2, 0.25) is 5.02 Å². The zero-order chi connectivity index (χ0) is 14.9. The average molecular weight is 293 g/mol. The second kappa shape index (κ2) is 5.51. The quantitative estimate of drug-likeness (QED) is 0.824. The molecule has 0 heterocycles. The van der Waals surface area contributed by atoms with E-state index in [0.29, 0.717) is 16.3 Å². The molecule has 0 radical (unpaired) electrons. The number of anilines is 2. The summed E-state index contributed by atoms with van der Waals surface area (Å²) >= 11 is 5.98. The molecule has 0 aliphatic rings. The summed E-state index contributed by atoms with van der Waals surface area (Å²) in [5, 5.41) is 3.21. The third kappa shape index (κ3) is 2.91. The van der Waals surface area contributed by atoms with E-state index < -0.39 is 11.7 Å². The van der Waals surface area contributed by atoms with Crippen molar-refractivity contribution in [3.63, 3.8) is 0 Å². The fraction of sp³-hybridized carbons (Fsp3) is 0.133. The standard InChI is InChI=1S/C15H14ClFN2O/c1-8-3-4-11(7-12(8)16)19-15(20)10-5-13(17)9(2)14(18)6-10/h3-7H,18H2,1-2H3,(H,19,20). The first kappa shape index (κ1) is 14.3. The summed E-state index contributed by atoms with van der Waals surface area (Å²) in [6.07, 6.45) is 0. The number of nitrogen functional groups attached to an aromatic ring is 1. The molecule has 3 nitrogen and oxygen atoms in total. The van der Waals surface area contributed by atoms with Gasteiger partial charge in [-0.2, -0.15) is 0 Å². The highest BCUT2D eigenvalue weighted by Gasteiger charge is 2.11. The van der Waals surface area contributed by atoms with Crippen molar-refractivity contribution in [2.45, 2.75) is 13.8 Å². The predicted molar refractivity (Wildman–Crippen MR) is 79.7 cm³/mol. The summed E-state index contributed by atoms with van der Waals surface area (Å²) in [5.74, 6) is -0.937. The Morgan fingerprint density at radius 2 is 1.95 bits per heavy atom. The van der Waals surface area contributed by atoms with Gasteiger partial charge in [-0.05, 0) is 43.7 Å². The molecule has 0 fully saturated rings. The Kier molecular flexibility index (Phi) is 3.95. The molecule has 2 rings (SSSR count). The third-order valence-corrected chi connectivity index (χ3v) is 3.48. The minimum atomic E-state index is -0.503. The molecule has 0 saturated heterocycles. The first-order chi connectivity index (χ1) is 9.38. The number of nitrogens with one attached hydrogen (secondary N) is 1. The second-order valence-electron chi connectivity index (χ2n) is 4.59. The van der Waals surface area contributed by atoms with Crippen molar-refractivity contribution in [2.24, 2.45) is 0 Å². The Balaban J connectivity index is 2.26. The van der Waals surface area contributed by atoms with Crippen molar-refractivity contribution < 1.29 is 9.18 Å². The summed E-state index contributed by atoms with van der Waals surface area (Å²) in [5.41, 5.74) is 7.86. The Bertz CT molecular complexity index is 663. The molecule has 0 spiro atoms. The van der Waals surface area contributed by atoms with E-state index in [4.69, 9.17) is 17.3 Å². The molecule has 2 aromatic rings. The van der Waals surface area contributed by atoms with Gasteiger partial charge in [-0.1, -0.05) is 17.7 Å². The van der Waals surface area contributed by atoms with Crippen LogP contribution >= 0.6 is 11.6 Å². The van der Waals surface area contributed by atoms with E-state index in [0.717, 1.165) is 11.6 Å². The maximum Gasteiger partial charge on any atom is 0.255 e. The van der Waals surface area contributed by atoms with E-state index in [9.17, 15) is 9.18 Å². The smallest absolute Gasteiger partial charge is 0.255 e. The van der Waals surface area contributed by atoms with E-state index in [2.05, 4.69) is 5.32 Å². The lowest BCUT2D eigenvalue weighted by Crippen LogP contribution is -2.13. The zero-order valence-corrected chi connectivity index (χ0v) is 11.9. The van der Waals surface area contributed by atoms with Crippen LogP contribution in [0.1, 0.15) is 21.5 Å². The number of carbonyl (C=O) groups is 1. The summed E-state index contributed by atoms with van der Waals surface area (Å²) in [6, 6.07) is 7.78. The van der Waals surface area contributed by atoms with Crippen molar-refractivity contribution >= 4 is 28.9 Å². The van der Waals surface area contributed by atoms with Gasteiger partial charge in [0.2, 0.25) is 0 Å². The number of hydrogen-bond acceptors (Lipinski definition) is 2. The van der Waals surface area contributed by atoms with E-state index in [-0.39, 0.29) is 11.3 Å².